The van der Waals surface area contributed by atoms with E-state index >= 15 is 0 Å². The Labute approximate surface area is 143 Å². The van der Waals surface area contributed by atoms with Gasteiger partial charge in [-0.3, -0.25) is 9.89 Å². The van der Waals surface area contributed by atoms with Gasteiger partial charge in [-0.2, -0.15) is 5.10 Å². The van der Waals surface area contributed by atoms with Crippen LogP contribution in [-0.4, -0.2) is 33.3 Å². The van der Waals surface area contributed by atoms with Crippen LogP contribution < -0.4 is 10.1 Å². The van der Waals surface area contributed by atoms with E-state index in [9.17, 15) is 14.7 Å². The van der Waals surface area contributed by atoms with Crippen molar-refractivity contribution >= 4 is 28.5 Å². The molecule has 0 bridgehead atoms. The number of amides is 1. The van der Waals surface area contributed by atoms with Gasteiger partial charge in [0.1, 0.15) is 5.75 Å². The number of carbonyl (C=O) groups is 2. The molecule has 0 saturated heterocycles. The average Bonchev–Trinajstić information content (AvgIpc) is 3.00. The Morgan fingerprint density at radius 1 is 1.20 bits per heavy atom. The maximum atomic E-state index is 12.6. The quantitative estimate of drug-likeness (QED) is 0.661. The monoisotopic (exact) mass is 339 g/mol. The lowest BCUT2D eigenvalue weighted by atomic mass is 10.1. The summed E-state index contributed by atoms with van der Waals surface area (Å²) in [6.45, 7) is 3.69. The number of carboxylic acid groups (broad SMARTS) is 1. The Hall–Kier alpha value is -3.35. The zero-order valence-corrected chi connectivity index (χ0v) is 13.7. The van der Waals surface area contributed by atoms with Crippen molar-refractivity contribution in [2.24, 2.45) is 0 Å². The molecule has 0 aliphatic rings. The second-order valence-electron chi connectivity index (χ2n) is 5.75. The van der Waals surface area contributed by atoms with Crippen molar-refractivity contribution in [2.45, 2.75) is 20.0 Å². The molecule has 25 heavy (non-hydrogen) atoms. The number of rotatable bonds is 5. The summed E-state index contributed by atoms with van der Waals surface area (Å²) in [5.41, 5.74) is 1.31. The first kappa shape index (κ1) is 16.5. The number of hydrogen-bond donors (Lipinski definition) is 3. The highest BCUT2D eigenvalue weighted by molar-refractivity contribution is 6.11. The number of aromatic nitrogens is 2. The molecule has 3 aromatic rings. The van der Waals surface area contributed by atoms with E-state index in [0.29, 0.717) is 11.1 Å². The number of nitrogens with one attached hydrogen (secondary N) is 2. The van der Waals surface area contributed by atoms with E-state index in [1.165, 1.54) is 18.2 Å². The van der Waals surface area contributed by atoms with Crippen molar-refractivity contribution in [1.29, 1.82) is 0 Å². The number of nitrogens with zero attached hydrogens (tertiary/aromatic N) is 1. The summed E-state index contributed by atoms with van der Waals surface area (Å²) in [6.07, 6.45) is -0.127. The third-order valence-electron chi connectivity index (χ3n) is 3.52. The molecule has 0 aliphatic carbocycles. The van der Waals surface area contributed by atoms with Crippen LogP contribution in [0.2, 0.25) is 0 Å². The number of H-pyrrole nitrogens is 1. The molecule has 1 amide bonds. The topological polar surface area (TPSA) is 104 Å². The van der Waals surface area contributed by atoms with Crippen LogP contribution in [0.3, 0.4) is 0 Å². The van der Waals surface area contributed by atoms with Crippen LogP contribution in [0.15, 0.2) is 42.5 Å². The minimum Gasteiger partial charge on any atom is -0.489 e. The summed E-state index contributed by atoms with van der Waals surface area (Å²) in [4.78, 5) is 23.8. The molecule has 0 aliphatic heterocycles. The maximum absolute atomic E-state index is 12.6. The van der Waals surface area contributed by atoms with Crippen LogP contribution in [-0.2, 0) is 0 Å². The number of benzene rings is 2. The van der Waals surface area contributed by atoms with Crippen molar-refractivity contribution in [3.63, 3.8) is 0 Å². The zero-order chi connectivity index (χ0) is 18.0. The standard InChI is InChI=1S/C18H17N3O4/c1-10(2)25-15-8-7-11(18(23)24)9-14(15)19-17(22)16-12-5-3-4-6-13(12)20-21-16/h3-10H,1-2H3,(H,19,22)(H,20,21)(H,23,24). The van der Waals surface area contributed by atoms with Crippen LogP contribution in [0.25, 0.3) is 10.9 Å². The molecule has 7 heteroatoms. The molecule has 1 aromatic heterocycles. The van der Waals surface area contributed by atoms with Gasteiger partial charge in [0.15, 0.2) is 5.69 Å². The summed E-state index contributed by atoms with van der Waals surface area (Å²) in [6, 6.07) is 11.6. The van der Waals surface area contributed by atoms with E-state index in [1.807, 2.05) is 32.0 Å². The van der Waals surface area contributed by atoms with Crippen molar-refractivity contribution in [1.82, 2.24) is 10.2 Å². The van der Waals surface area contributed by atoms with E-state index in [1.54, 1.807) is 6.07 Å². The van der Waals surface area contributed by atoms with E-state index in [4.69, 9.17) is 4.74 Å². The molecule has 0 spiro atoms. The molecule has 7 nitrogen and oxygen atoms in total. The van der Waals surface area contributed by atoms with Gasteiger partial charge in [-0.05, 0) is 38.1 Å². The normalized spacial score (nSPS) is 10.8. The van der Waals surface area contributed by atoms with Gasteiger partial charge in [-0.15, -0.1) is 0 Å². The van der Waals surface area contributed by atoms with Crippen molar-refractivity contribution in [3.05, 3.63) is 53.7 Å². The van der Waals surface area contributed by atoms with Gasteiger partial charge in [-0.25, -0.2) is 4.79 Å². The third kappa shape index (κ3) is 3.45. The number of anilines is 1. The first-order valence-electron chi connectivity index (χ1n) is 7.74. The highest BCUT2D eigenvalue weighted by atomic mass is 16.5. The highest BCUT2D eigenvalue weighted by Crippen LogP contribution is 2.28. The van der Waals surface area contributed by atoms with E-state index in [-0.39, 0.29) is 23.0 Å². The smallest absolute Gasteiger partial charge is 0.335 e. The molecule has 0 fully saturated rings. The van der Waals surface area contributed by atoms with Crippen molar-refractivity contribution in [2.75, 3.05) is 5.32 Å². The van der Waals surface area contributed by atoms with Crippen LogP contribution in [0.5, 0.6) is 5.75 Å². The molecular formula is C18H17N3O4. The number of carboxylic acids is 1. The number of fused-ring (bicyclic) bond motifs is 1. The molecular weight excluding hydrogens is 322 g/mol. The first-order chi connectivity index (χ1) is 12.0. The summed E-state index contributed by atoms with van der Waals surface area (Å²) < 4.78 is 5.65. The number of aromatic carboxylic acids is 1. The number of hydrogen-bond acceptors (Lipinski definition) is 4. The lowest BCUT2D eigenvalue weighted by Crippen LogP contribution is -2.16. The van der Waals surface area contributed by atoms with Crippen LogP contribution >= 0.6 is 0 Å². The molecule has 128 valence electrons. The largest absolute Gasteiger partial charge is 0.489 e. The molecule has 2 aromatic carbocycles. The van der Waals surface area contributed by atoms with Gasteiger partial charge in [0.2, 0.25) is 0 Å². The number of carbonyl (C=O) groups excluding carboxylic acids is 1. The lowest BCUT2D eigenvalue weighted by Gasteiger charge is -2.15. The summed E-state index contributed by atoms with van der Waals surface area (Å²) in [7, 11) is 0. The van der Waals surface area contributed by atoms with Crippen LogP contribution in [0, 0.1) is 0 Å². The molecule has 0 unspecified atom stereocenters. The fraction of sp³-hybridized carbons (Fsp3) is 0.167. The zero-order valence-electron chi connectivity index (χ0n) is 13.7. The van der Waals surface area contributed by atoms with Crippen molar-refractivity contribution < 1.29 is 19.4 Å². The van der Waals surface area contributed by atoms with E-state index < -0.39 is 11.9 Å². The van der Waals surface area contributed by atoms with Crippen molar-refractivity contribution in [3.8, 4) is 5.75 Å². The third-order valence-corrected chi connectivity index (χ3v) is 3.52. The summed E-state index contributed by atoms with van der Waals surface area (Å²) in [5, 5.41) is 19.4. The summed E-state index contributed by atoms with van der Waals surface area (Å²) in [5.74, 6) is -1.14. The molecule has 0 radical (unpaired) electrons. The lowest BCUT2D eigenvalue weighted by molar-refractivity contribution is 0.0696. The number of ether oxygens (including phenoxy) is 1. The van der Waals surface area contributed by atoms with Gasteiger partial charge in [0.05, 0.1) is 22.9 Å². The Bertz CT molecular complexity index is 946. The van der Waals surface area contributed by atoms with Gasteiger partial charge >= 0.3 is 5.97 Å². The SMILES string of the molecule is CC(C)Oc1ccc(C(=O)O)cc1NC(=O)c1n[nH]c2ccccc12. The highest BCUT2D eigenvalue weighted by Gasteiger charge is 2.18. The number of para-hydroxylation sites is 1. The Kier molecular flexibility index (Phi) is 4.38. The van der Waals surface area contributed by atoms with Gasteiger partial charge < -0.3 is 15.2 Å². The molecule has 3 rings (SSSR count). The van der Waals surface area contributed by atoms with Gasteiger partial charge in [0.25, 0.3) is 5.91 Å². The second kappa shape index (κ2) is 6.64. The second-order valence-corrected chi connectivity index (χ2v) is 5.75. The Balaban J connectivity index is 1.96. The van der Waals surface area contributed by atoms with Crippen LogP contribution in [0.1, 0.15) is 34.7 Å². The number of aromatic amines is 1. The Morgan fingerprint density at radius 2 is 1.96 bits per heavy atom. The predicted molar refractivity (Wildman–Crippen MR) is 93.2 cm³/mol. The summed E-state index contributed by atoms with van der Waals surface area (Å²) >= 11 is 0. The van der Waals surface area contributed by atoms with E-state index in [0.717, 1.165) is 5.52 Å². The van der Waals surface area contributed by atoms with Gasteiger partial charge in [-0.1, -0.05) is 18.2 Å². The fourth-order valence-corrected chi connectivity index (χ4v) is 2.44. The van der Waals surface area contributed by atoms with Crippen LogP contribution in [0.4, 0.5) is 5.69 Å². The predicted octanol–water partition coefficient (Wildman–Crippen LogP) is 3.30. The minimum atomic E-state index is -1.09. The fourth-order valence-electron chi connectivity index (χ4n) is 2.44. The minimum absolute atomic E-state index is 0.0540. The van der Waals surface area contributed by atoms with Gasteiger partial charge in [0, 0.05) is 5.39 Å². The molecule has 0 atom stereocenters. The molecule has 3 N–H and O–H groups in total. The first-order valence-corrected chi connectivity index (χ1v) is 7.74. The Morgan fingerprint density at radius 3 is 2.68 bits per heavy atom. The molecule has 0 saturated carbocycles. The average molecular weight is 339 g/mol. The molecule has 1 heterocycles. The van der Waals surface area contributed by atoms with E-state index in [2.05, 4.69) is 15.5 Å². The maximum Gasteiger partial charge on any atom is 0.335 e.